The molecule has 2 aliphatic rings. The van der Waals surface area contributed by atoms with Gasteiger partial charge < -0.3 is 9.47 Å². The highest BCUT2D eigenvalue weighted by Crippen LogP contribution is 2.36. The van der Waals surface area contributed by atoms with Crippen LogP contribution in [-0.4, -0.2) is 33.2 Å². The van der Waals surface area contributed by atoms with Crippen LogP contribution in [0.1, 0.15) is 43.4 Å². The normalized spacial score (nSPS) is 16.3. The molecule has 0 radical (unpaired) electrons. The van der Waals surface area contributed by atoms with Crippen molar-refractivity contribution in [1.82, 2.24) is 19.9 Å². The maximum atomic E-state index is 6.51. The van der Waals surface area contributed by atoms with E-state index in [0.29, 0.717) is 5.15 Å². The molecule has 5 rings (SSSR count). The molecular weight excluding hydrogens is 388 g/mol. The van der Waals surface area contributed by atoms with Gasteiger partial charge in [-0.05, 0) is 12.1 Å². The van der Waals surface area contributed by atoms with E-state index in [4.69, 9.17) is 26.1 Å². The van der Waals surface area contributed by atoms with Gasteiger partial charge in [-0.15, -0.1) is 0 Å². The van der Waals surface area contributed by atoms with Gasteiger partial charge in [0.2, 0.25) is 6.79 Å². The van der Waals surface area contributed by atoms with Gasteiger partial charge >= 0.3 is 0 Å². The minimum atomic E-state index is -0.0363. The van der Waals surface area contributed by atoms with Crippen molar-refractivity contribution in [1.29, 1.82) is 0 Å². The molecule has 6 nitrogen and oxygen atoms in total. The van der Waals surface area contributed by atoms with E-state index in [2.05, 4.69) is 41.7 Å². The number of hydrogen-bond acceptors (Lipinski definition) is 6. The molecule has 0 bridgehead atoms. The van der Waals surface area contributed by atoms with Crippen LogP contribution < -0.4 is 9.47 Å². The van der Waals surface area contributed by atoms with E-state index in [-0.39, 0.29) is 12.2 Å². The largest absolute Gasteiger partial charge is 0.454 e. The van der Waals surface area contributed by atoms with Gasteiger partial charge in [0.15, 0.2) is 11.5 Å². The Morgan fingerprint density at radius 3 is 2.69 bits per heavy atom. The maximum absolute atomic E-state index is 6.51. The third-order valence-electron chi connectivity index (χ3n) is 5.41. The molecule has 0 atom stereocenters. The van der Waals surface area contributed by atoms with Gasteiger partial charge in [0.1, 0.15) is 11.0 Å². The lowest BCUT2D eigenvalue weighted by Crippen LogP contribution is -2.32. The molecule has 0 aliphatic carbocycles. The third-order valence-corrected chi connectivity index (χ3v) is 5.74. The van der Waals surface area contributed by atoms with Crippen LogP contribution in [0.5, 0.6) is 11.5 Å². The zero-order valence-electron chi connectivity index (χ0n) is 16.8. The highest BCUT2D eigenvalue weighted by Gasteiger charge is 2.24. The first-order chi connectivity index (χ1) is 13.9. The fourth-order valence-electron chi connectivity index (χ4n) is 3.81. The van der Waals surface area contributed by atoms with Gasteiger partial charge in [-0.1, -0.05) is 32.4 Å². The van der Waals surface area contributed by atoms with Gasteiger partial charge in [0.05, 0.1) is 5.52 Å². The van der Waals surface area contributed by atoms with Crippen LogP contribution in [0.25, 0.3) is 10.9 Å². The summed E-state index contributed by atoms with van der Waals surface area (Å²) in [6.07, 6.45) is 2.90. The summed E-state index contributed by atoms with van der Waals surface area (Å²) in [4.78, 5) is 16.4. The standard InChI is InChI=1S/C22H23ClN4O2/c1-22(2,3)21-24-9-15-11-27(5-4-16(15)26-21)10-14-6-13-7-18-19(29-12-28-18)8-17(13)25-20(14)23/h6-9H,4-5,10-12H2,1-3H3. The molecule has 3 aromatic rings. The Hall–Kier alpha value is -2.44. The van der Waals surface area contributed by atoms with E-state index in [9.17, 15) is 0 Å². The molecule has 7 heteroatoms. The Morgan fingerprint density at radius 2 is 1.90 bits per heavy atom. The summed E-state index contributed by atoms with van der Waals surface area (Å²) in [5, 5.41) is 1.53. The molecule has 0 saturated heterocycles. The molecular formula is C22H23ClN4O2. The SMILES string of the molecule is CC(C)(C)c1ncc2c(n1)CCN(Cc1cc3cc4c(cc3nc1Cl)OCO4)C2. The van der Waals surface area contributed by atoms with Gasteiger partial charge in [0, 0.05) is 65.9 Å². The monoisotopic (exact) mass is 410 g/mol. The molecule has 0 N–H and O–H groups in total. The zero-order valence-corrected chi connectivity index (χ0v) is 17.6. The van der Waals surface area contributed by atoms with Crippen LogP contribution in [0.4, 0.5) is 0 Å². The zero-order chi connectivity index (χ0) is 20.2. The Bertz CT molecular complexity index is 1110. The molecule has 29 heavy (non-hydrogen) atoms. The summed E-state index contributed by atoms with van der Waals surface area (Å²) in [7, 11) is 0. The van der Waals surface area contributed by atoms with Crippen molar-refractivity contribution in [2.75, 3.05) is 13.3 Å². The van der Waals surface area contributed by atoms with Crippen molar-refractivity contribution in [3.05, 3.63) is 52.2 Å². The number of aromatic nitrogens is 3. The van der Waals surface area contributed by atoms with Crippen molar-refractivity contribution < 1.29 is 9.47 Å². The second-order valence-electron chi connectivity index (χ2n) is 8.71. The molecule has 4 heterocycles. The molecule has 0 amide bonds. The highest BCUT2D eigenvalue weighted by molar-refractivity contribution is 6.30. The van der Waals surface area contributed by atoms with Crippen molar-refractivity contribution in [3.63, 3.8) is 0 Å². The van der Waals surface area contributed by atoms with Crippen LogP contribution in [0, 0.1) is 0 Å². The molecule has 2 aliphatic heterocycles. The number of ether oxygens (including phenoxy) is 2. The Morgan fingerprint density at radius 1 is 1.10 bits per heavy atom. The number of halogens is 1. The Labute approximate surface area is 174 Å². The van der Waals surface area contributed by atoms with E-state index in [1.165, 1.54) is 5.56 Å². The lowest BCUT2D eigenvalue weighted by Gasteiger charge is -2.29. The summed E-state index contributed by atoms with van der Waals surface area (Å²) in [5.41, 5.74) is 4.14. The molecule has 2 aromatic heterocycles. The number of benzene rings is 1. The first kappa shape index (κ1) is 18.6. The fourth-order valence-corrected chi connectivity index (χ4v) is 4.01. The number of pyridine rings is 1. The molecule has 0 spiro atoms. The molecule has 0 fully saturated rings. The van der Waals surface area contributed by atoms with Gasteiger partial charge in [-0.25, -0.2) is 15.0 Å². The smallest absolute Gasteiger partial charge is 0.231 e. The van der Waals surface area contributed by atoms with Crippen LogP contribution in [-0.2, 0) is 24.9 Å². The quantitative estimate of drug-likeness (QED) is 0.588. The summed E-state index contributed by atoms with van der Waals surface area (Å²) in [5.74, 6) is 2.38. The second kappa shape index (κ2) is 6.82. The summed E-state index contributed by atoms with van der Waals surface area (Å²) in [6.45, 7) is 9.16. The predicted molar refractivity (Wildman–Crippen MR) is 111 cm³/mol. The van der Waals surface area contributed by atoms with Gasteiger partial charge in [0.25, 0.3) is 0 Å². The molecule has 0 saturated carbocycles. The van der Waals surface area contributed by atoms with E-state index in [1.807, 2.05) is 18.3 Å². The molecule has 150 valence electrons. The van der Waals surface area contributed by atoms with Crippen LogP contribution in [0.3, 0.4) is 0 Å². The van der Waals surface area contributed by atoms with Crippen molar-refractivity contribution >= 4 is 22.5 Å². The van der Waals surface area contributed by atoms with Crippen molar-refractivity contribution in [2.45, 2.75) is 45.7 Å². The van der Waals surface area contributed by atoms with Crippen molar-refractivity contribution in [2.24, 2.45) is 0 Å². The minimum Gasteiger partial charge on any atom is -0.454 e. The predicted octanol–water partition coefficient (Wildman–Crippen LogP) is 4.26. The number of nitrogens with zero attached hydrogens (tertiary/aromatic N) is 4. The average Bonchev–Trinajstić information content (AvgIpc) is 3.13. The van der Waals surface area contributed by atoms with Crippen LogP contribution >= 0.6 is 11.6 Å². The fraction of sp³-hybridized carbons (Fsp3) is 0.409. The van der Waals surface area contributed by atoms with Crippen molar-refractivity contribution in [3.8, 4) is 11.5 Å². The number of hydrogen-bond donors (Lipinski definition) is 0. The van der Waals surface area contributed by atoms with Gasteiger partial charge in [-0.2, -0.15) is 0 Å². The summed E-state index contributed by atoms with van der Waals surface area (Å²) < 4.78 is 10.9. The minimum absolute atomic E-state index is 0.0363. The Kier molecular flexibility index (Phi) is 4.37. The van der Waals surface area contributed by atoms with Crippen LogP contribution in [0.2, 0.25) is 5.15 Å². The second-order valence-corrected chi connectivity index (χ2v) is 9.07. The maximum Gasteiger partial charge on any atom is 0.231 e. The number of rotatable bonds is 2. The summed E-state index contributed by atoms with van der Waals surface area (Å²) in [6, 6.07) is 5.95. The summed E-state index contributed by atoms with van der Waals surface area (Å²) >= 11 is 6.51. The molecule has 1 aromatic carbocycles. The van der Waals surface area contributed by atoms with E-state index in [1.54, 1.807) is 0 Å². The van der Waals surface area contributed by atoms with E-state index >= 15 is 0 Å². The lowest BCUT2D eigenvalue weighted by molar-refractivity contribution is 0.174. The van der Waals surface area contributed by atoms with E-state index < -0.39 is 0 Å². The average molecular weight is 411 g/mol. The first-order valence-corrected chi connectivity index (χ1v) is 10.2. The van der Waals surface area contributed by atoms with Gasteiger partial charge in [-0.3, -0.25) is 4.90 Å². The number of fused-ring (bicyclic) bond motifs is 3. The molecule has 0 unspecified atom stereocenters. The topological polar surface area (TPSA) is 60.4 Å². The first-order valence-electron chi connectivity index (χ1n) is 9.83. The lowest BCUT2D eigenvalue weighted by atomic mass is 9.95. The Balaban J connectivity index is 1.39. The van der Waals surface area contributed by atoms with E-state index in [0.717, 1.165) is 65.5 Å². The third kappa shape index (κ3) is 3.51. The highest BCUT2D eigenvalue weighted by atomic mass is 35.5. The van der Waals surface area contributed by atoms with Crippen LogP contribution in [0.15, 0.2) is 24.4 Å².